The van der Waals surface area contributed by atoms with E-state index < -0.39 is 0 Å². The van der Waals surface area contributed by atoms with Crippen molar-refractivity contribution < 1.29 is 0 Å². The van der Waals surface area contributed by atoms with Crippen LogP contribution in [0.15, 0.2) is 24.3 Å². The normalized spacial score (nSPS) is 11.8. The van der Waals surface area contributed by atoms with Gasteiger partial charge >= 0.3 is 0 Å². The van der Waals surface area contributed by atoms with Gasteiger partial charge in [0.25, 0.3) is 0 Å². The smallest absolute Gasteiger partial charge is 0.0411 e. The average molecular weight is 632 g/mol. The number of anilines is 2. The van der Waals surface area contributed by atoms with Gasteiger partial charge in [0.2, 0.25) is 0 Å². The Bertz CT molecular complexity index is 725. The van der Waals surface area contributed by atoms with Crippen molar-refractivity contribution in [2.45, 2.75) is 79.1 Å². The van der Waals surface area contributed by atoms with E-state index in [1.54, 1.807) is 0 Å². The Morgan fingerprint density at radius 2 is 0.767 bits per heavy atom. The molecule has 0 spiro atoms. The molecule has 0 radical (unpaired) electrons. The molecule has 0 atom stereocenters. The van der Waals surface area contributed by atoms with E-state index >= 15 is 0 Å². The van der Waals surface area contributed by atoms with Crippen LogP contribution < -0.4 is 10.6 Å². The van der Waals surface area contributed by atoms with Gasteiger partial charge in [-0.3, -0.25) is 0 Å². The summed E-state index contributed by atoms with van der Waals surface area (Å²) < 4.78 is 2.65. The lowest BCUT2D eigenvalue weighted by Gasteiger charge is -2.24. The fraction of sp³-hybridized carbons (Fsp3) is 0.538. The zero-order chi connectivity index (χ0) is 22.6. The van der Waals surface area contributed by atoms with Crippen molar-refractivity contribution in [1.82, 2.24) is 0 Å². The van der Waals surface area contributed by atoms with Gasteiger partial charge in [-0.25, -0.2) is 0 Å². The van der Waals surface area contributed by atoms with Crippen LogP contribution in [0, 0.1) is 7.14 Å². The van der Waals surface area contributed by atoms with Crippen molar-refractivity contribution in [2.75, 3.05) is 23.7 Å². The molecule has 2 N–H and O–H groups in total. The number of nitrogens with one attached hydrogen (secondary N) is 2. The minimum absolute atomic E-state index is 0.504. The van der Waals surface area contributed by atoms with E-state index in [9.17, 15) is 0 Å². The van der Waals surface area contributed by atoms with Crippen molar-refractivity contribution in [3.8, 4) is 0 Å². The first-order valence-corrected chi connectivity index (χ1v) is 13.3. The minimum Gasteiger partial charge on any atom is -0.383 e. The van der Waals surface area contributed by atoms with Gasteiger partial charge in [-0.1, -0.05) is 55.4 Å². The van der Waals surface area contributed by atoms with Crippen LogP contribution in [0.1, 0.15) is 101 Å². The van der Waals surface area contributed by atoms with Crippen molar-refractivity contribution in [3.63, 3.8) is 0 Å². The molecule has 2 aromatic rings. The monoisotopic (exact) mass is 632 g/mol. The summed E-state index contributed by atoms with van der Waals surface area (Å²) in [5.41, 5.74) is 8.35. The molecule has 0 amide bonds. The average Bonchev–Trinajstić information content (AvgIpc) is 2.65. The Kier molecular flexibility index (Phi) is 9.78. The number of rotatable bonds is 9. The highest BCUT2D eigenvalue weighted by atomic mass is 127. The lowest BCUT2D eigenvalue weighted by atomic mass is 9.92. The van der Waals surface area contributed by atoms with Crippen LogP contribution in [0.2, 0.25) is 0 Å². The van der Waals surface area contributed by atoms with E-state index in [-0.39, 0.29) is 0 Å². The molecule has 0 aromatic heterocycles. The topological polar surface area (TPSA) is 24.1 Å². The standard InChI is InChI=1S/C26H38I2N2/c1-15(2)21-11-19(27)12-22(16(3)4)25(21)29-9-10-30-26-23(17(5)6)13-20(28)14-24(26)18(7)8/h11-18,29-30H,9-10H2,1-8H3. The second-order valence-electron chi connectivity index (χ2n) is 9.39. The lowest BCUT2D eigenvalue weighted by molar-refractivity contribution is 0.825. The molecule has 166 valence electrons. The van der Waals surface area contributed by atoms with Gasteiger partial charge in [0.05, 0.1) is 0 Å². The highest BCUT2D eigenvalue weighted by Gasteiger charge is 2.17. The molecule has 2 nitrogen and oxygen atoms in total. The fourth-order valence-electron chi connectivity index (χ4n) is 3.90. The number of hydrogen-bond donors (Lipinski definition) is 2. The molecule has 2 rings (SSSR count). The maximum absolute atomic E-state index is 3.78. The first kappa shape index (κ1) is 25.8. The predicted octanol–water partition coefficient (Wildman–Crippen LogP) is 8.91. The molecule has 0 heterocycles. The van der Waals surface area contributed by atoms with Crippen LogP contribution in [0.3, 0.4) is 0 Å². The summed E-state index contributed by atoms with van der Waals surface area (Å²) in [6.45, 7) is 20.1. The Morgan fingerprint density at radius 1 is 0.533 bits per heavy atom. The van der Waals surface area contributed by atoms with Crippen LogP contribution >= 0.6 is 45.2 Å². The molecule has 0 saturated carbocycles. The Balaban J connectivity index is 2.24. The molecule has 30 heavy (non-hydrogen) atoms. The molecule has 0 bridgehead atoms. The van der Waals surface area contributed by atoms with Gasteiger partial charge in [0, 0.05) is 31.6 Å². The molecule has 2 aromatic carbocycles. The highest BCUT2D eigenvalue weighted by Crippen LogP contribution is 2.36. The van der Waals surface area contributed by atoms with E-state index in [1.807, 2.05) is 0 Å². The molecule has 0 unspecified atom stereocenters. The number of benzene rings is 2. The first-order valence-electron chi connectivity index (χ1n) is 11.2. The van der Waals surface area contributed by atoms with Gasteiger partial charge < -0.3 is 10.6 Å². The third-order valence-corrected chi connectivity index (χ3v) is 6.79. The fourth-order valence-corrected chi connectivity index (χ4v) is 5.25. The number of hydrogen-bond acceptors (Lipinski definition) is 2. The summed E-state index contributed by atoms with van der Waals surface area (Å²) in [5.74, 6) is 2.01. The van der Waals surface area contributed by atoms with Crippen LogP contribution in [-0.2, 0) is 0 Å². The maximum atomic E-state index is 3.78. The van der Waals surface area contributed by atoms with Crippen molar-refractivity contribution in [2.24, 2.45) is 0 Å². The SMILES string of the molecule is CC(C)c1cc(I)cc(C(C)C)c1NCCNc1c(C(C)C)cc(I)cc1C(C)C. The first-order chi connectivity index (χ1) is 14.0. The summed E-state index contributed by atoms with van der Waals surface area (Å²) >= 11 is 4.90. The van der Waals surface area contributed by atoms with Gasteiger partial charge in [-0.2, -0.15) is 0 Å². The van der Waals surface area contributed by atoms with Crippen molar-refractivity contribution in [1.29, 1.82) is 0 Å². The minimum atomic E-state index is 0.504. The van der Waals surface area contributed by atoms with Crippen LogP contribution in [-0.4, -0.2) is 13.1 Å². The summed E-state index contributed by atoms with van der Waals surface area (Å²) in [6, 6.07) is 9.33. The van der Waals surface area contributed by atoms with Gasteiger partial charge in [-0.05, 0) is 115 Å². The van der Waals surface area contributed by atoms with Crippen molar-refractivity contribution >= 4 is 56.6 Å². The molecule has 0 aliphatic heterocycles. The van der Waals surface area contributed by atoms with Gasteiger partial charge in [-0.15, -0.1) is 0 Å². The molecular weight excluding hydrogens is 594 g/mol. The lowest BCUT2D eigenvalue weighted by Crippen LogP contribution is -2.18. The zero-order valence-electron chi connectivity index (χ0n) is 19.8. The van der Waals surface area contributed by atoms with Crippen LogP contribution in [0.25, 0.3) is 0 Å². The maximum Gasteiger partial charge on any atom is 0.0411 e. The second kappa shape index (κ2) is 11.4. The van der Waals surface area contributed by atoms with E-state index in [2.05, 4.69) is 135 Å². The zero-order valence-corrected chi connectivity index (χ0v) is 24.1. The quantitative estimate of drug-likeness (QED) is 0.213. The van der Waals surface area contributed by atoms with Gasteiger partial charge in [0.15, 0.2) is 0 Å². The Hall–Kier alpha value is -0.500. The molecule has 0 aliphatic rings. The van der Waals surface area contributed by atoms with E-state index in [0.717, 1.165) is 13.1 Å². The molecule has 0 fully saturated rings. The largest absolute Gasteiger partial charge is 0.383 e. The summed E-state index contributed by atoms with van der Waals surface area (Å²) in [5, 5.41) is 7.57. The van der Waals surface area contributed by atoms with E-state index in [4.69, 9.17) is 0 Å². The Labute approximate surface area is 211 Å². The third-order valence-electron chi connectivity index (χ3n) is 5.54. The predicted molar refractivity (Wildman–Crippen MR) is 152 cm³/mol. The molecule has 0 saturated heterocycles. The van der Waals surface area contributed by atoms with Gasteiger partial charge in [0.1, 0.15) is 0 Å². The summed E-state index contributed by atoms with van der Waals surface area (Å²) in [7, 11) is 0. The molecular formula is C26H38I2N2. The van der Waals surface area contributed by atoms with Crippen LogP contribution in [0.5, 0.6) is 0 Å². The summed E-state index contributed by atoms with van der Waals surface area (Å²) in [6.07, 6.45) is 0. The molecule has 4 heteroatoms. The second-order valence-corrected chi connectivity index (χ2v) is 11.9. The number of halogens is 2. The van der Waals surface area contributed by atoms with Crippen molar-refractivity contribution in [3.05, 3.63) is 53.7 Å². The Morgan fingerprint density at radius 3 is 0.967 bits per heavy atom. The highest BCUT2D eigenvalue weighted by molar-refractivity contribution is 14.1. The summed E-state index contributed by atoms with van der Waals surface area (Å²) in [4.78, 5) is 0. The van der Waals surface area contributed by atoms with E-state index in [0.29, 0.717) is 23.7 Å². The third kappa shape index (κ3) is 6.50. The molecule has 0 aliphatic carbocycles. The van der Waals surface area contributed by atoms with E-state index in [1.165, 1.54) is 40.8 Å². The van der Waals surface area contributed by atoms with Crippen LogP contribution in [0.4, 0.5) is 11.4 Å².